The molecule has 1 aliphatic rings. The molecule has 0 bridgehead atoms. The van der Waals surface area contributed by atoms with E-state index in [1.54, 1.807) is 0 Å². The van der Waals surface area contributed by atoms with Crippen molar-refractivity contribution in [2.24, 2.45) is 0 Å². The normalized spacial score (nSPS) is 19.2. The Kier molecular flexibility index (Phi) is 2.56. The summed E-state index contributed by atoms with van der Waals surface area (Å²) in [6, 6.07) is 0. The average Bonchev–Trinajstić information content (AvgIpc) is 2.53. The first-order valence-corrected chi connectivity index (χ1v) is 4.51. The average molecular weight is 180 g/mol. The van der Waals surface area contributed by atoms with Crippen LogP contribution in [-0.2, 0) is 6.54 Å². The lowest BCUT2D eigenvalue weighted by atomic mass is 10.3. The molecule has 0 aliphatic carbocycles. The van der Waals surface area contributed by atoms with Gasteiger partial charge in [0.15, 0.2) is 5.82 Å². The molecular weight excluding hydrogens is 166 g/mol. The predicted octanol–water partition coefficient (Wildman–Crippen LogP) is -0.608. The van der Waals surface area contributed by atoms with Crippen molar-refractivity contribution in [2.75, 3.05) is 26.2 Å². The molecule has 71 valence electrons. The van der Waals surface area contributed by atoms with E-state index in [4.69, 9.17) is 0 Å². The molecule has 0 unspecified atom stereocenters. The minimum Gasteiger partial charge on any atom is -0.314 e. The second-order valence-electron chi connectivity index (χ2n) is 3.22. The van der Waals surface area contributed by atoms with Crippen LogP contribution in [0.15, 0.2) is 0 Å². The third-order valence-corrected chi connectivity index (χ3v) is 2.16. The van der Waals surface area contributed by atoms with Crippen LogP contribution in [0.1, 0.15) is 11.6 Å². The zero-order chi connectivity index (χ0) is 9.10. The van der Waals surface area contributed by atoms with Crippen LogP contribution in [-0.4, -0.2) is 46.3 Å². The van der Waals surface area contributed by atoms with Gasteiger partial charge in [0.05, 0.1) is 6.54 Å². The smallest absolute Gasteiger partial charge is 0.151 e. The molecule has 1 aromatic heterocycles. The Morgan fingerprint density at radius 2 is 2.15 bits per heavy atom. The van der Waals surface area contributed by atoms with Gasteiger partial charge < -0.3 is 5.32 Å². The van der Waals surface area contributed by atoms with Gasteiger partial charge in [-0.05, 0) is 0 Å². The van der Waals surface area contributed by atoms with Gasteiger partial charge in [0, 0.05) is 33.1 Å². The Morgan fingerprint density at radius 3 is 2.77 bits per heavy atom. The van der Waals surface area contributed by atoms with Crippen molar-refractivity contribution in [3.8, 4) is 0 Å². The Labute approximate surface area is 77.5 Å². The van der Waals surface area contributed by atoms with Gasteiger partial charge in [-0.2, -0.15) is 5.10 Å². The number of hydrogen-bond donors (Lipinski definition) is 2. The van der Waals surface area contributed by atoms with Crippen LogP contribution in [0.4, 0.5) is 0 Å². The molecule has 1 radical (unpaired) electrons. The van der Waals surface area contributed by atoms with Gasteiger partial charge in [0.1, 0.15) is 5.82 Å². The number of H-pyrrole nitrogens is 1. The number of rotatable bonds is 2. The fourth-order valence-corrected chi connectivity index (χ4v) is 1.49. The second kappa shape index (κ2) is 3.85. The molecule has 5 nitrogen and oxygen atoms in total. The van der Waals surface area contributed by atoms with E-state index in [2.05, 4.69) is 32.3 Å². The number of piperazine rings is 1. The van der Waals surface area contributed by atoms with Gasteiger partial charge >= 0.3 is 0 Å². The van der Waals surface area contributed by atoms with Crippen molar-refractivity contribution >= 4 is 0 Å². The zero-order valence-electron chi connectivity index (χ0n) is 7.58. The van der Waals surface area contributed by atoms with E-state index in [0.29, 0.717) is 5.82 Å². The Balaban J connectivity index is 1.89. The van der Waals surface area contributed by atoms with E-state index in [0.717, 1.165) is 38.5 Å². The summed E-state index contributed by atoms with van der Waals surface area (Å²) >= 11 is 0. The Morgan fingerprint density at radius 1 is 1.38 bits per heavy atom. The Bertz CT molecular complexity index is 263. The summed E-state index contributed by atoms with van der Waals surface area (Å²) < 4.78 is 0. The van der Waals surface area contributed by atoms with Gasteiger partial charge in [-0.1, -0.05) is 0 Å². The fourth-order valence-electron chi connectivity index (χ4n) is 1.49. The van der Waals surface area contributed by atoms with Crippen molar-refractivity contribution in [1.82, 2.24) is 25.4 Å². The molecule has 0 spiro atoms. The van der Waals surface area contributed by atoms with Gasteiger partial charge in [-0.25, -0.2) is 4.98 Å². The molecular formula is C8H14N5. The SMILES string of the molecule is [CH2]c1n[nH]c(CN2CCNCC2)n1. The maximum absolute atomic E-state index is 4.16. The number of nitrogens with zero attached hydrogens (tertiary/aromatic N) is 3. The van der Waals surface area contributed by atoms with E-state index >= 15 is 0 Å². The lowest BCUT2D eigenvalue weighted by Crippen LogP contribution is -2.43. The molecule has 5 heteroatoms. The minimum atomic E-state index is 0.574. The summed E-state index contributed by atoms with van der Waals surface area (Å²) in [5, 5.41) is 10.1. The lowest BCUT2D eigenvalue weighted by Gasteiger charge is -2.25. The van der Waals surface area contributed by atoms with Crippen molar-refractivity contribution in [3.63, 3.8) is 0 Å². The van der Waals surface area contributed by atoms with E-state index in [1.165, 1.54) is 0 Å². The first-order chi connectivity index (χ1) is 6.34. The number of nitrogens with one attached hydrogen (secondary N) is 2. The maximum atomic E-state index is 4.16. The molecule has 2 heterocycles. The van der Waals surface area contributed by atoms with Crippen LogP contribution in [0.25, 0.3) is 0 Å². The van der Waals surface area contributed by atoms with Gasteiger partial charge in [0.25, 0.3) is 0 Å². The van der Waals surface area contributed by atoms with E-state index in [1.807, 2.05) is 0 Å². The molecule has 2 rings (SSSR count). The highest BCUT2D eigenvalue weighted by molar-refractivity contribution is 4.93. The summed E-state index contributed by atoms with van der Waals surface area (Å²) in [4.78, 5) is 6.51. The minimum absolute atomic E-state index is 0.574. The molecule has 1 aliphatic heterocycles. The van der Waals surface area contributed by atoms with E-state index in [-0.39, 0.29) is 0 Å². The van der Waals surface area contributed by atoms with Crippen LogP contribution in [0.2, 0.25) is 0 Å². The standard InChI is InChI=1S/C8H14N5/c1-7-10-8(12-11-7)6-13-4-2-9-3-5-13/h9H,1-6H2,(H,10,11,12). The number of aromatic nitrogens is 3. The third-order valence-electron chi connectivity index (χ3n) is 2.16. The molecule has 13 heavy (non-hydrogen) atoms. The molecule has 0 atom stereocenters. The summed E-state index contributed by atoms with van der Waals surface area (Å²) in [6.45, 7) is 8.78. The summed E-state index contributed by atoms with van der Waals surface area (Å²) in [7, 11) is 0. The first kappa shape index (κ1) is 8.65. The Hall–Kier alpha value is -0.940. The lowest BCUT2D eigenvalue weighted by molar-refractivity contribution is 0.228. The highest BCUT2D eigenvalue weighted by Gasteiger charge is 2.11. The van der Waals surface area contributed by atoms with E-state index < -0.39 is 0 Å². The zero-order valence-corrected chi connectivity index (χ0v) is 7.58. The maximum Gasteiger partial charge on any atom is 0.151 e. The molecule has 1 aromatic rings. The molecule has 0 aromatic carbocycles. The quantitative estimate of drug-likeness (QED) is 0.637. The highest BCUT2D eigenvalue weighted by atomic mass is 15.3. The van der Waals surface area contributed by atoms with Gasteiger partial charge in [-0.3, -0.25) is 10.00 Å². The first-order valence-electron chi connectivity index (χ1n) is 4.51. The van der Waals surface area contributed by atoms with Crippen molar-refractivity contribution in [2.45, 2.75) is 6.54 Å². The predicted molar refractivity (Wildman–Crippen MR) is 49.0 cm³/mol. The van der Waals surface area contributed by atoms with Crippen LogP contribution in [0.5, 0.6) is 0 Å². The van der Waals surface area contributed by atoms with Gasteiger partial charge in [-0.15, -0.1) is 0 Å². The monoisotopic (exact) mass is 180 g/mol. The number of aromatic amines is 1. The summed E-state index contributed by atoms with van der Waals surface area (Å²) in [6.07, 6.45) is 0. The van der Waals surface area contributed by atoms with Crippen molar-refractivity contribution in [3.05, 3.63) is 18.6 Å². The van der Waals surface area contributed by atoms with Crippen LogP contribution >= 0.6 is 0 Å². The van der Waals surface area contributed by atoms with E-state index in [9.17, 15) is 0 Å². The second-order valence-corrected chi connectivity index (χ2v) is 3.22. The van der Waals surface area contributed by atoms with Crippen LogP contribution in [0.3, 0.4) is 0 Å². The fraction of sp³-hybridized carbons (Fsp3) is 0.625. The van der Waals surface area contributed by atoms with Gasteiger partial charge in [0.2, 0.25) is 0 Å². The molecule has 2 N–H and O–H groups in total. The topological polar surface area (TPSA) is 56.8 Å². The molecule has 0 saturated carbocycles. The third kappa shape index (κ3) is 2.26. The molecule has 0 amide bonds. The van der Waals surface area contributed by atoms with Crippen molar-refractivity contribution < 1.29 is 0 Å². The van der Waals surface area contributed by atoms with Crippen LogP contribution < -0.4 is 5.32 Å². The molecule has 1 fully saturated rings. The van der Waals surface area contributed by atoms with Crippen LogP contribution in [0, 0.1) is 6.92 Å². The molecule has 1 saturated heterocycles. The number of hydrogen-bond acceptors (Lipinski definition) is 4. The highest BCUT2D eigenvalue weighted by Crippen LogP contribution is 1.99. The van der Waals surface area contributed by atoms with Crippen molar-refractivity contribution in [1.29, 1.82) is 0 Å². The summed E-state index contributed by atoms with van der Waals surface area (Å²) in [5.41, 5.74) is 0. The summed E-state index contributed by atoms with van der Waals surface area (Å²) in [5.74, 6) is 1.48. The largest absolute Gasteiger partial charge is 0.314 e.